The van der Waals surface area contributed by atoms with Gasteiger partial charge in [-0.3, -0.25) is 4.79 Å². The first kappa shape index (κ1) is 93.0. The van der Waals surface area contributed by atoms with Crippen LogP contribution in [0.25, 0.3) is 0 Å². The molecule has 0 aromatic heterocycles. The molecule has 12 N–H and O–H groups in total. The number of aliphatic hydroxyl groups is 11. The van der Waals surface area contributed by atoms with Crippen molar-refractivity contribution in [2.45, 2.75) is 439 Å². The highest BCUT2D eigenvalue weighted by Crippen LogP contribution is 2.33. The van der Waals surface area contributed by atoms with Crippen LogP contribution in [0.4, 0.5) is 0 Å². The van der Waals surface area contributed by atoms with Crippen molar-refractivity contribution in [3.05, 3.63) is 48.6 Å². The number of aliphatic hydroxyl groups excluding tert-OH is 11. The molecule has 0 aromatic rings. The van der Waals surface area contributed by atoms with Crippen LogP contribution >= 0.6 is 0 Å². The molecule has 3 rings (SSSR count). The van der Waals surface area contributed by atoms with Crippen molar-refractivity contribution < 1.29 is 89.4 Å². The van der Waals surface area contributed by atoms with Crippen LogP contribution in [0.3, 0.4) is 0 Å². The summed E-state index contributed by atoms with van der Waals surface area (Å²) in [4.78, 5) is 13.5. The van der Waals surface area contributed by atoms with Gasteiger partial charge in [-0.15, -0.1) is 0 Å². The summed E-state index contributed by atoms with van der Waals surface area (Å²) in [6.07, 6.45) is 52.5. The van der Waals surface area contributed by atoms with Crippen LogP contribution in [0.1, 0.15) is 335 Å². The minimum absolute atomic E-state index is 0.238. The van der Waals surface area contributed by atoms with Crippen molar-refractivity contribution in [1.29, 1.82) is 0 Å². The number of carbonyl (C=O) groups is 1. The van der Waals surface area contributed by atoms with Crippen molar-refractivity contribution >= 4 is 5.91 Å². The molecule has 3 fully saturated rings. The average Bonchev–Trinajstić information content (AvgIpc) is 0.783. The Balaban J connectivity index is 1.36. The molecule has 0 radical (unpaired) electrons. The van der Waals surface area contributed by atoms with E-state index in [-0.39, 0.29) is 18.9 Å². The third kappa shape index (κ3) is 42.8. The van der Waals surface area contributed by atoms with Crippen LogP contribution in [-0.4, -0.2) is 193 Å². The molecule has 3 aliphatic heterocycles. The molecule has 19 heteroatoms. The molecule has 0 saturated carbocycles. The number of hydrogen-bond donors (Lipinski definition) is 12. The van der Waals surface area contributed by atoms with Crippen molar-refractivity contribution in [1.82, 2.24) is 5.32 Å². The molecule has 0 aromatic carbocycles. The number of rotatable bonds is 66. The van der Waals surface area contributed by atoms with Gasteiger partial charge >= 0.3 is 0 Å². The Morgan fingerprint density at radius 1 is 0.356 bits per heavy atom. The summed E-state index contributed by atoms with van der Waals surface area (Å²) < 4.78 is 34.4. The molecular weight excluding hydrogens is 1290 g/mol. The monoisotopic (exact) mass is 1440 g/mol. The lowest BCUT2D eigenvalue weighted by atomic mass is 9.96. The van der Waals surface area contributed by atoms with Gasteiger partial charge in [0.15, 0.2) is 18.9 Å². The third-order valence-electron chi connectivity index (χ3n) is 20.6. The molecule has 101 heavy (non-hydrogen) atoms. The zero-order valence-electron chi connectivity index (χ0n) is 63.4. The van der Waals surface area contributed by atoms with Crippen molar-refractivity contribution in [3.63, 3.8) is 0 Å². The van der Waals surface area contributed by atoms with Crippen LogP contribution in [-0.2, 0) is 33.2 Å². The van der Waals surface area contributed by atoms with Gasteiger partial charge in [0.05, 0.1) is 38.6 Å². The average molecular weight is 1440 g/mol. The second kappa shape index (κ2) is 62.8. The highest BCUT2D eigenvalue weighted by molar-refractivity contribution is 5.76. The molecule has 17 atom stereocenters. The minimum atomic E-state index is -1.98. The molecule has 1 amide bonds. The summed E-state index contributed by atoms with van der Waals surface area (Å²) in [5, 5.41) is 121. The lowest BCUT2D eigenvalue weighted by Gasteiger charge is -2.48. The zero-order chi connectivity index (χ0) is 73.2. The predicted molar refractivity (Wildman–Crippen MR) is 402 cm³/mol. The molecule has 17 unspecified atom stereocenters. The first-order chi connectivity index (χ1) is 49.3. The Labute approximate surface area is 612 Å². The van der Waals surface area contributed by atoms with E-state index >= 15 is 0 Å². The van der Waals surface area contributed by atoms with Crippen LogP contribution in [0.15, 0.2) is 48.6 Å². The molecule has 19 nitrogen and oxygen atoms in total. The maximum absolute atomic E-state index is 13.5. The van der Waals surface area contributed by atoms with Gasteiger partial charge in [-0.05, 0) is 64.2 Å². The van der Waals surface area contributed by atoms with E-state index < -0.39 is 124 Å². The molecule has 0 spiro atoms. The fourth-order valence-electron chi connectivity index (χ4n) is 13.9. The van der Waals surface area contributed by atoms with Crippen LogP contribution in [0.5, 0.6) is 0 Å². The highest BCUT2D eigenvalue weighted by Gasteiger charge is 2.54. The Hall–Kier alpha value is -2.25. The fraction of sp³-hybridized carbons (Fsp3) is 0.890. The van der Waals surface area contributed by atoms with Crippen molar-refractivity contribution in [2.24, 2.45) is 0 Å². The molecule has 3 saturated heterocycles. The Kier molecular flexibility index (Phi) is 57.8. The normalized spacial score (nSPS) is 26.5. The number of nitrogens with one attached hydrogen (secondary N) is 1. The predicted octanol–water partition coefficient (Wildman–Crippen LogP) is 14.1. The van der Waals surface area contributed by atoms with Gasteiger partial charge in [-0.1, -0.05) is 313 Å². The third-order valence-corrected chi connectivity index (χ3v) is 20.6. The zero-order valence-corrected chi connectivity index (χ0v) is 63.4. The summed E-state index contributed by atoms with van der Waals surface area (Å²) in [6, 6.07) is -0.991. The fourth-order valence-corrected chi connectivity index (χ4v) is 13.9. The number of allylic oxidation sites excluding steroid dienone is 7. The SMILES string of the molecule is CCCCCCC/C=C\C/C=C\CCCCCCCCCCCCCCCCCCCCCCCC(=O)NC(COC1OC(CO)C(OC2OC(CO)C(OC3OC(CO)C(O)C(O)C3O)C(O)C2O)C(O)C1O)C(O)/C=C/CC/C=C/CCCCCCCCCCCCCCCCCCC. The van der Waals surface area contributed by atoms with E-state index in [9.17, 15) is 61.0 Å². The topological polar surface area (TPSA) is 307 Å². The van der Waals surface area contributed by atoms with Crippen LogP contribution in [0.2, 0.25) is 0 Å². The first-order valence-corrected chi connectivity index (χ1v) is 41.4. The molecule has 3 aliphatic rings. The van der Waals surface area contributed by atoms with Gasteiger partial charge in [-0.25, -0.2) is 0 Å². The summed E-state index contributed by atoms with van der Waals surface area (Å²) in [5.74, 6) is -0.279. The second-order valence-electron chi connectivity index (χ2n) is 29.6. The van der Waals surface area contributed by atoms with Crippen LogP contribution < -0.4 is 5.32 Å². The summed E-state index contributed by atoms with van der Waals surface area (Å²) in [7, 11) is 0. The van der Waals surface area contributed by atoms with E-state index in [1.807, 2.05) is 6.08 Å². The Bertz CT molecular complexity index is 2010. The quantitative estimate of drug-likeness (QED) is 0.0199. The number of amides is 1. The van der Waals surface area contributed by atoms with Crippen molar-refractivity contribution in [2.75, 3.05) is 26.4 Å². The summed E-state index contributed by atoms with van der Waals surface area (Å²) in [6.45, 7) is 1.75. The van der Waals surface area contributed by atoms with Gasteiger partial charge in [0.2, 0.25) is 5.91 Å². The maximum atomic E-state index is 13.5. The van der Waals surface area contributed by atoms with Gasteiger partial charge in [0, 0.05) is 6.42 Å². The van der Waals surface area contributed by atoms with Gasteiger partial charge < -0.3 is 89.9 Å². The summed E-state index contributed by atoms with van der Waals surface area (Å²) in [5.41, 5.74) is 0. The Morgan fingerprint density at radius 2 is 0.663 bits per heavy atom. The summed E-state index contributed by atoms with van der Waals surface area (Å²) >= 11 is 0. The largest absolute Gasteiger partial charge is 0.394 e. The van der Waals surface area contributed by atoms with Crippen molar-refractivity contribution in [3.8, 4) is 0 Å². The first-order valence-electron chi connectivity index (χ1n) is 41.4. The molecule has 0 aliphatic carbocycles. The molecule has 592 valence electrons. The molecule has 3 heterocycles. The van der Waals surface area contributed by atoms with E-state index in [4.69, 9.17) is 28.4 Å². The molecule has 0 bridgehead atoms. The van der Waals surface area contributed by atoms with Crippen LogP contribution in [0, 0.1) is 0 Å². The number of unbranched alkanes of at least 4 members (excludes halogenated alkanes) is 44. The number of hydrogen-bond acceptors (Lipinski definition) is 18. The minimum Gasteiger partial charge on any atom is -0.394 e. The lowest BCUT2D eigenvalue weighted by molar-refractivity contribution is -0.379. The number of carbonyl (C=O) groups excluding carboxylic acids is 1. The maximum Gasteiger partial charge on any atom is 0.220 e. The van der Waals surface area contributed by atoms with E-state index in [0.29, 0.717) is 12.8 Å². The lowest BCUT2D eigenvalue weighted by Crippen LogP contribution is -2.66. The number of ether oxygens (including phenoxy) is 6. The molecular formula is C82H151NO18. The van der Waals surface area contributed by atoms with E-state index in [1.54, 1.807) is 6.08 Å². The van der Waals surface area contributed by atoms with Gasteiger partial charge in [-0.2, -0.15) is 0 Å². The van der Waals surface area contributed by atoms with Gasteiger partial charge in [0.25, 0.3) is 0 Å². The van der Waals surface area contributed by atoms with Gasteiger partial charge in [0.1, 0.15) is 73.2 Å². The standard InChI is InChI=1S/C82H151NO18/c1-3-5-7-9-11-13-15-17-19-21-23-25-27-28-29-30-31-32-33-34-35-36-38-40-42-44-46-48-50-52-54-56-58-60-70(88)83-65(66(87)59-57-55-53-51-49-47-45-43-41-39-37-26-24-22-20-18-16-14-12-10-8-6-4-2)64-96-80-76(94)73(91)78(68(62-85)98-80)101-82-77(95)74(92)79(69(63-86)99-82)100-81-75(93)72(90)71(89)67(61-84)97-81/h15,17,21,23,49,51,57,59,65-69,71-82,84-87,89-95H,3-14,16,18-20,22,24-48,50,52-56,58,60-64H2,1-2H3,(H,83,88)/b17-15-,23-21-,51-49+,59-57+. The van der Waals surface area contributed by atoms with E-state index in [0.717, 1.165) is 44.9 Å². The highest BCUT2D eigenvalue weighted by atomic mass is 16.8. The smallest absolute Gasteiger partial charge is 0.220 e. The Morgan fingerprint density at radius 3 is 1.05 bits per heavy atom. The van der Waals surface area contributed by atoms with E-state index in [1.165, 1.54) is 257 Å². The van der Waals surface area contributed by atoms with E-state index in [2.05, 4.69) is 55.6 Å². The second-order valence-corrected chi connectivity index (χ2v) is 29.6.